The Kier molecular flexibility index (Phi) is 3.05. The third-order valence-electron chi connectivity index (χ3n) is 4.60. The van der Waals surface area contributed by atoms with E-state index in [0.717, 1.165) is 39.0 Å². The molecule has 0 aliphatic rings. The average Bonchev–Trinajstić information content (AvgIpc) is 3.25. The molecular weight excluding hydrogens is 326 g/mol. The first kappa shape index (κ1) is 14.7. The van der Waals surface area contributed by atoms with Crippen LogP contribution in [0.15, 0.2) is 65.6 Å². The highest BCUT2D eigenvalue weighted by atomic mass is 16.1. The normalized spacial score (nSPS) is 11.4. The van der Waals surface area contributed by atoms with Crippen LogP contribution in [0.3, 0.4) is 0 Å². The Balaban J connectivity index is 1.79. The van der Waals surface area contributed by atoms with Crippen LogP contribution in [0.1, 0.15) is 5.69 Å². The zero-order chi connectivity index (χ0) is 17.7. The molecule has 6 heteroatoms. The van der Waals surface area contributed by atoms with Crippen molar-refractivity contribution in [3.05, 3.63) is 76.8 Å². The molecule has 0 saturated carbocycles. The molecule has 5 rings (SSSR count). The van der Waals surface area contributed by atoms with Gasteiger partial charge in [-0.2, -0.15) is 14.7 Å². The van der Waals surface area contributed by atoms with Crippen LogP contribution in [-0.4, -0.2) is 24.8 Å². The van der Waals surface area contributed by atoms with Crippen LogP contribution in [0.5, 0.6) is 0 Å². The topological polar surface area (TPSA) is 78.8 Å². The molecule has 2 aromatic carbocycles. The number of fused-ring (bicyclic) bond motifs is 2. The summed E-state index contributed by atoms with van der Waals surface area (Å²) in [6.45, 7) is 1.92. The van der Waals surface area contributed by atoms with Gasteiger partial charge in [-0.05, 0) is 30.2 Å². The zero-order valence-electron chi connectivity index (χ0n) is 14.0. The maximum Gasteiger partial charge on any atom is 0.274 e. The van der Waals surface area contributed by atoms with Gasteiger partial charge in [-0.25, -0.2) is 0 Å². The summed E-state index contributed by atoms with van der Waals surface area (Å²) in [7, 11) is 0. The van der Waals surface area contributed by atoms with Crippen LogP contribution in [-0.2, 0) is 0 Å². The highest BCUT2D eigenvalue weighted by Gasteiger charge is 2.15. The molecule has 0 aliphatic heterocycles. The number of hydrogen-bond acceptors (Lipinski definition) is 3. The number of hydrogen-bond donors (Lipinski definition) is 2. The number of nitrogens with one attached hydrogen (secondary N) is 2. The summed E-state index contributed by atoms with van der Waals surface area (Å²) >= 11 is 0. The van der Waals surface area contributed by atoms with E-state index < -0.39 is 0 Å². The maximum atomic E-state index is 12.6. The van der Waals surface area contributed by atoms with Gasteiger partial charge in [-0.1, -0.05) is 36.4 Å². The molecule has 0 amide bonds. The van der Waals surface area contributed by atoms with Crippen LogP contribution in [0.2, 0.25) is 0 Å². The lowest BCUT2D eigenvalue weighted by atomic mass is 10.1. The fourth-order valence-corrected chi connectivity index (χ4v) is 3.37. The SMILES string of the molecule is Cc1nn2c(=O)cc(-c3ccc4[nH]ncc4c3)[nH]c2c1-c1ccccc1. The molecule has 2 N–H and O–H groups in total. The fraction of sp³-hybridized carbons (Fsp3) is 0.0500. The lowest BCUT2D eigenvalue weighted by Crippen LogP contribution is -2.14. The molecule has 3 heterocycles. The van der Waals surface area contributed by atoms with E-state index in [1.165, 1.54) is 4.52 Å². The van der Waals surface area contributed by atoms with Crippen molar-refractivity contribution < 1.29 is 0 Å². The van der Waals surface area contributed by atoms with Crippen LogP contribution in [0, 0.1) is 6.92 Å². The summed E-state index contributed by atoms with van der Waals surface area (Å²) in [6, 6.07) is 17.5. The molecule has 0 radical (unpaired) electrons. The van der Waals surface area contributed by atoms with Crippen molar-refractivity contribution in [1.29, 1.82) is 0 Å². The molecule has 26 heavy (non-hydrogen) atoms. The molecule has 6 nitrogen and oxygen atoms in total. The quantitative estimate of drug-likeness (QED) is 0.515. The average molecular weight is 341 g/mol. The first-order valence-corrected chi connectivity index (χ1v) is 8.32. The van der Waals surface area contributed by atoms with Gasteiger partial charge < -0.3 is 4.98 Å². The van der Waals surface area contributed by atoms with Crippen LogP contribution in [0.4, 0.5) is 0 Å². The van der Waals surface area contributed by atoms with Gasteiger partial charge in [0.05, 0.1) is 23.1 Å². The first-order chi connectivity index (χ1) is 12.7. The summed E-state index contributed by atoms with van der Waals surface area (Å²) in [6.07, 6.45) is 1.77. The van der Waals surface area contributed by atoms with E-state index in [4.69, 9.17) is 0 Å². The van der Waals surface area contributed by atoms with Crippen LogP contribution >= 0.6 is 0 Å². The summed E-state index contributed by atoms with van der Waals surface area (Å²) < 4.78 is 1.43. The monoisotopic (exact) mass is 341 g/mol. The van der Waals surface area contributed by atoms with E-state index in [1.807, 2.05) is 55.5 Å². The zero-order valence-corrected chi connectivity index (χ0v) is 14.0. The predicted molar refractivity (Wildman–Crippen MR) is 101 cm³/mol. The van der Waals surface area contributed by atoms with Gasteiger partial charge in [0, 0.05) is 17.0 Å². The van der Waals surface area contributed by atoms with Crippen LogP contribution in [0.25, 0.3) is 38.9 Å². The number of rotatable bonds is 2. The third kappa shape index (κ3) is 2.16. The fourth-order valence-electron chi connectivity index (χ4n) is 3.37. The van der Waals surface area contributed by atoms with Crippen molar-refractivity contribution in [2.24, 2.45) is 0 Å². The maximum absolute atomic E-state index is 12.6. The molecule has 0 fully saturated rings. The summed E-state index contributed by atoms with van der Waals surface area (Å²) in [5, 5.41) is 12.4. The molecule has 0 bridgehead atoms. The lowest BCUT2D eigenvalue weighted by Gasteiger charge is -2.05. The van der Waals surface area contributed by atoms with Crippen molar-refractivity contribution in [3.8, 4) is 22.4 Å². The molecule has 126 valence electrons. The van der Waals surface area contributed by atoms with Gasteiger partial charge in [0.15, 0.2) is 0 Å². The van der Waals surface area contributed by atoms with Gasteiger partial charge >= 0.3 is 0 Å². The number of benzene rings is 2. The Morgan fingerprint density at radius 2 is 1.85 bits per heavy atom. The predicted octanol–water partition coefficient (Wildman–Crippen LogP) is 3.54. The number of nitrogens with zero attached hydrogens (tertiary/aromatic N) is 3. The number of aromatic nitrogens is 5. The van der Waals surface area contributed by atoms with E-state index >= 15 is 0 Å². The Hall–Kier alpha value is -3.67. The smallest absolute Gasteiger partial charge is 0.274 e. The van der Waals surface area contributed by atoms with E-state index in [2.05, 4.69) is 20.3 Å². The molecular formula is C20H15N5O. The Morgan fingerprint density at radius 3 is 2.69 bits per heavy atom. The van der Waals surface area contributed by atoms with E-state index in [9.17, 15) is 4.79 Å². The minimum atomic E-state index is -0.161. The standard InChI is InChI=1S/C20H15N5O/c1-12-19(13-5-3-2-4-6-13)20-22-17(10-18(26)25(20)24-12)14-7-8-16-15(9-14)11-21-23-16/h2-11,22H,1H3,(H,21,23). The molecule has 5 aromatic rings. The molecule has 0 aliphatic carbocycles. The number of aryl methyl sites for hydroxylation is 1. The second-order valence-electron chi connectivity index (χ2n) is 6.28. The van der Waals surface area contributed by atoms with Gasteiger partial charge in [0.2, 0.25) is 0 Å². The second-order valence-corrected chi connectivity index (χ2v) is 6.28. The molecule has 3 aromatic heterocycles. The third-order valence-corrected chi connectivity index (χ3v) is 4.60. The van der Waals surface area contributed by atoms with Crippen LogP contribution < -0.4 is 5.56 Å². The van der Waals surface area contributed by atoms with Crippen molar-refractivity contribution in [2.45, 2.75) is 6.92 Å². The Labute approximate surface area is 148 Å². The molecule has 0 spiro atoms. The minimum absolute atomic E-state index is 0.161. The van der Waals surface area contributed by atoms with Gasteiger partial charge in [0.1, 0.15) is 5.65 Å². The highest BCUT2D eigenvalue weighted by molar-refractivity contribution is 5.85. The summed E-state index contributed by atoms with van der Waals surface area (Å²) in [5.41, 5.74) is 5.95. The highest BCUT2D eigenvalue weighted by Crippen LogP contribution is 2.28. The van der Waals surface area contributed by atoms with E-state index in [-0.39, 0.29) is 5.56 Å². The van der Waals surface area contributed by atoms with E-state index in [0.29, 0.717) is 5.65 Å². The summed E-state index contributed by atoms with van der Waals surface area (Å²) in [4.78, 5) is 16.0. The minimum Gasteiger partial charge on any atom is -0.339 e. The molecule has 0 unspecified atom stereocenters. The second kappa shape index (κ2) is 5.42. The number of aromatic amines is 2. The van der Waals surface area contributed by atoms with Crippen molar-refractivity contribution in [3.63, 3.8) is 0 Å². The van der Waals surface area contributed by atoms with Crippen molar-refractivity contribution in [2.75, 3.05) is 0 Å². The number of H-pyrrole nitrogens is 2. The first-order valence-electron chi connectivity index (χ1n) is 8.32. The molecule has 0 saturated heterocycles. The summed E-state index contributed by atoms with van der Waals surface area (Å²) in [5.74, 6) is 0. The van der Waals surface area contributed by atoms with Gasteiger partial charge in [-0.3, -0.25) is 9.89 Å². The largest absolute Gasteiger partial charge is 0.339 e. The molecule has 0 atom stereocenters. The van der Waals surface area contributed by atoms with Gasteiger partial charge in [0.25, 0.3) is 5.56 Å². The van der Waals surface area contributed by atoms with Crippen molar-refractivity contribution >= 4 is 16.6 Å². The Morgan fingerprint density at radius 1 is 1.00 bits per heavy atom. The van der Waals surface area contributed by atoms with Gasteiger partial charge in [-0.15, -0.1) is 0 Å². The van der Waals surface area contributed by atoms with Crippen molar-refractivity contribution in [1.82, 2.24) is 24.8 Å². The van der Waals surface area contributed by atoms with E-state index in [1.54, 1.807) is 12.3 Å². The lowest BCUT2D eigenvalue weighted by molar-refractivity contribution is 0.882. The Bertz CT molecular complexity index is 1310.